The van der Waals surface area contributed by atoms with Crippen molar-refractivity contribution in [3.05, 3.63) is 76.0 Å². The Morgan fingerprint density at radius 3 is 2.37 bits per heavy atom. The van der Waals surface area contributed by atoms with Crippen LogP contribution in [-0.2, 0) is 25.7 Å². The van der Waals surface area contributed by atoms with Crippen LogP contribution in [0.15, 0.2) is 54.2 Å². The first kappa shape index (κ1) is 51.8. The van der Waals surface area contributed by atoms with Gasteiger partial charge in [-0.2, -0.15) is 16.7 Å². The van der Waals surface area contributed by atoms with Crippen LogP contribution in [0.4, 0.5) is 21.8 Å². The average molecular weight is 1030 g/mol. The zero-order chi connectivity index (χ0) is 50.6. The van der Waals surface area contributed by atoms with Crippen molar-refractivity contribution in [3.63, 3.8) is 0 Å². The Bertz CT molecular complexity index is 2600. The number of β-amino-alcohol motifs (C(OH)–C–C–N with tert-alkyl or cyclic N) is 1. The van der Waals surface area contributed by atoms with Crippen molar-refractivity contribution < 1.29 is 38.2 Å². The van der Waals surface area contributed by atoms with Crippen molar-refractivity contribution >= 4 is 81.7 Å². The van der Waals surface area contributed by atoms with Crippen LogP contribution in [0, 0.1) is 18.8 Å². The highest BCUT2D eigenvalue weighted by molar-refractivity contribution is 8.00. The second-order valence-corrected chi connectivity index (χ2v) is 22.3. The van der Waals surface area contributed by atoms with E-state index in [-0.39, 0.29) is 56.0 Å². The number of carbonyl (C=O) groups is 5. The number of aryl methyl sites for hydroxylation is 1. The molecular weight excluding hydrogens is 971 g/mol. The molecule has 21 heteroatoms. The number of methoxy groups -OCH3 is 1. The highest BCUT2D eigenvalue weighted by Gasteiger charge is 2.54. The minimum atomic E-state index is -2.03. The van der Waals surface area contributed by atoms with Crippen molar-refractivity contribution in [1.29, 1.82) is 0 Å². The molecule has 5 N–H and O–H groups in total. The van der Waals surface area contributed by atoms with E-state index in [9.17, 15) is 29.1 Å². The summed E-state index contributed by atoms with van der Waals surface area (Å²) in [6.45, 7) is 7.39. The number of likely N-dealkylation sites (tertiary alicyclic amines) is 1. The third kappa shape index (κ3) is 12.0. The van der Waals surface area contributed by atoms with Gasteiger partial charge in [-0.05, 0) is 100 Å². The highest BCUT2D eigenvalue weighted by Crippen LogP contribution is 2.42. The van der Waals surface area contributed by atoms with Gasteiger partial charge < -0.3 is 45.8 Å². The Hall–Kier alpha value is -5.57. The smallest absolute Gasteiger partial charge is 0.258 e. The van der Waals surface area contributed by atoms with Crippen LogP contribution in [-0.4, -0.2) is 146 Å². The number of aromatic nitrogens is 3. The largest absolute Gasteiger partial charge is 0.495 e. The fourth-order valence-electron chi connectivity index (χ4n) is 9.48. The molecule has 2 aliphatic heterocycles. The van der Waals surface area contributed by atoms with E-state index in [0.717, 1.165) is 34.5 Å². The summed E-state index contributed by atoms with van der Waals surface area (Å²) in [6.07, 6.45) is 3.68. The first-order chi connectivity index (χ1) is 34.0. The van der Waals surface area contributed by atoms with Crippen LogP contribution in [0.2, 0.25) is 5.02 Å². The number of alkyl halides is 1. The first-order valence-corrected chi connectivity index (χ1v) is 26.3. The molecule has 2 aliphatic carbocycles. The lowest BCUT2D eigenvalue weighted by atomic mass is 9.82. The maximum absolute atomic E-state index is 15.2. The van der Waals surface area contributed by atoms with Gasteiger partial charge in [0.15, 0.2) is 5.67 Å². The second-order valence-electron chi connectivity index (χ2n) is 19.4. The molecule has 1 unspecified atom stereocenters. The Kier molecular flexibility index (Phi) is 16.1. The van der Waals surface area contributed by atoms with Gasteiger partial charge in [0.1, 0.15) is 28.7 Å². The van der Waals surface area contributed by atoms with Gasteiger partial charge in [-0.15, -0.1) is 11.3 Å². The third-order valence-corrected chi connectivity index (χ3v) is 16.9. The molecule has 2 saturated heterocycles. The van der Waals surface area contributed by atoms with Crippen LogP contribution >= 0.6 is 34.7 Å². The minimum Gasteiger partial charge on any atom is -0.495 e. The number of nitrogens with zero attached hydrogens (tertiary/aromatic N) is 6. The van der Waals surface area contributed by atoms with Gasteiger partial charge in [0.25, 0.3) is 11.8 Å². The van der Waals surface area contributed by atoms with Gasteiger partial charge in [0.05, 0.1) is 41.2 Å². The van der Waals surface area contributed by atoms with Crippen molar-refractivity contribution in [2.75, 3.05) is 63.3 Å². The van der Waals surface area contributed by atoms with E-state index >= 15 is 4.39 Å². The molecule has 0 radical (unpaired) electrons. The number of hydrogen-bond acceptors (Lipinski definition) is 14. The topological polar surface area (TPSA) is 211 Å². The number of carbonyl (C=O) groups excluding carboxylic acids is 5. The van der Waals surface area contributed by atoms with Crippen LogP contribution in [0.25, 0.3) is 10.4 Å². The molecule has 2 aromatic carbocycles. The zero-order valence-corrected chi connectivity index (χ0v) is 43.0. The standard InChI is InChI=1S/C50H62ClFN10O7S2/c1-29-40(70-28-56-29)32-10-6-30(7-11-32)24-54-43(64)38-23-35(63)26-62(38)46(67)41(58-47(68)50(52)16-17-50)49(2,3)71-27-31-8-12-33(13-9-31)44(65)60-18-20-61(21-19-60)45(66)34-14-15-37(39(22-34)69-5)57-48-55-25-36(51)42(53-4)59-48/h6-7,10-11,14-15,22,25,28,31,33,35,38,41,63H,8-9,12-13,16-21,23-24,26-27H2,1-5H3,(H,54,64)(H,58,68)(H2,53,55,57,59)/t31-,33-,35-,38?,41-/m1/s1. The number of nitrogens with one attached hydrogen (secondary N) is 4. The van der Waals surface area contributed by atoms with Gasteiger partial charge >= 0.3 is 0 Å². The number of piperazine rings is 1. The van der Waals surface area contributed by atoms with E-state index in [2.05, 4.69) is 36.2 Å². The van der Waals surface area contributed by atoms with E-state index in [0.29, 0.717) is 78.6 Å². The summed E-state index contributed by atoms with van der Waals surface area (Å²) in [5, 5.41) is 22.9. The maximum atomic E-state index is 15.2. The van der Waals surface area contributed by atoms with Crippen LogP contribution in [0.3, 0.4) is 0 Å². The van der Waals surface area contributed by atoms with E-state index in [1.807, 2.05) is 49.9 Å². The molecule has 2 aromatic heterocycles. The van der Waals surface area contributed by atoms with Gasteiger partial charge in [-0.1, -0.05) is 35.9 Å². The number of aliphatic hydroxyl groups excluding tert-OH is 1. The molecule has 4 aliphatic rings. The Balaban J connectivity index is 0.822. The molecule has 0 bridgehead atoms. The van der Waals surface area contributed by atoms with Crippen molar-refractivity contribution in [1.82, 2.24) is 40.3 Å². The molecule has 380 valence electrons. The normalized spacial score (nSPS) is 21.3. The summed E-state index contributed by atoms with van der Waals surface area (Å²) >= 11 is 9.19. The fourth-order valence-corrected chi connectivity index (χ4v) is 11.8. The molecule has 3 atom stereocenters. The lowest BCUT2D eigenvalue weighted by Gasteiger charge is -2.39. The molecule has 17 nitrogen and oxygen atoms in total. The van der Waals surface area contributed by atoms with E-state index in [1.54, 1.807) is 47.0 Å². The third-order valence-electron chi connectivity index (χ3n) is 14.0. The van der Waals surface area contributed by atoms with Crippen molar-refractivity contribution in [2.24, 2.45) is 11.8 Å². The second kappa shape index (κ2) is 22.0. The van der Waals surface area contributed by atoms with Crippen molar-refractivity contribution in [3.8, 4) is 16.2 Å². The fraction of sp³-hybridized carbons (Fsp3) is 0.520. The van der Waals surface area contributed by atoms with Gasteiger partial charge in [-0.25, -0.2) is 14.4 Å². The number of amides is 5. The summed E-state index contributed by atoms with van der Waals surface area (Å²) < 4.78 is 19.8. The molecule has 0 spiro atoms. The van der Waals surface area contributed by atoms with Gasteiger partial charge in [0, 0.05) is 69.0 Å². The monoisotopic (exact) mass is 1030 g/mol. The van der Waals surface area contributed by atoms with E-state index < -0.39 is 46.3 Å². The molecule has 4 heterocycles. The van der Waals surface area contributed by atoms with E-state index in [1.165, 1.54) is 30.0 Å². The molecule has 71 heavy (non-hydrogen) atoms. The van der Waals surface area contributed by atoms with Crippen LogP contribution in [0.1, 0.15) is 80.4 Å². The Morgan fingerprint density at radius 1 is 1.01 bits per heavy atom. The lowest BCUT2D eigenvalue weighted by Crippen LogP contribution is -2.61. The molecule has 2 saturated carbocycles. The average Bonchev–Trinajstić information content (AvgIpc) is 3.79. The van der Waals surface area contributed by atoms with Gasteiger partial charge in [0.2, 0.25) is 23.7 Å². The molecule has 5 amide bonds. The Morgan fingerprint density at radius 2 is 1.72 bits per heavy atom. The number of thioether (sulfide) groups is 1. The molecule has 8 rings (SSSR count). The molecular formula is C50H62ClFN10O7S2. The number of aliphatic hydroxyl groups is 1. The quantitative estimate of drug-likeness (QED) is 0.0796. The number of hydrogen-bond donors (Lipinski definition) is 5. The minimum absolute atomic E-state index is 0.0304. The first-order valence-electron chi connectivity index (χ1n) is 24.1. The number of ether oxygens (including phenoxy) is 1. The van der Waals surface area contributed by atoms with E-state index in [4.69, 9.17) is 16.3 Å². The number of rotatable bonds is 17. The SMILES string of the molecule is CNc1nc(Nc2ccc(C(=O)N3CCN(C(=O)[C@H]4CC[C@H](CSC(C)(C)[C@H](NC(=O)C5(F)CC5)C(=O)N5C[C@H](O)CC5C(=O)NCc5ccc(-c6scnc6C)cc5)CC4)CC3)cc2OC)ncc1Cl. The Labute approximate surface area is 426 Å². The van der Waals surface area contributed by atoms with Crippen LogP contribution in [0.5, 0.6) is 5.75 Å². The van der Waals surface area contributed by atoms with Crippen molar-refractivity contribution in [2.45, 2.75) is 101 Å². The summed E-state index contributed by atoms with van der Waals surface area (Å²) in [5.74, 6) is 0.0340. The summed E-state index contributed by atoms with van der Waals surface area (Å²) in [6, 6.07) is 10.7. The lowest BCUT2D eigenvalue weighted by molar-refractivity contribution is -0.143. The number of thiazole rings is 1. The zero-order valence-electron chi connectivity index (χ0n) is 40.6. The number of halogens is 2. The van der Waals surface area contributed by atoms with Crippen LogP contribution < -0.4 is 26.0 Å². The maximum Gasteiger partial charge on any atom is 0.258 e. The molecule has 4 aromatic rings. The summed E-state index contributed by atoms with van der Waals surface area (Å²) in [5.41, 5.74) is 3.62. The predicted octanol–water partition coefficient (Wildman–Crippen LogP) is 6.22. The van der Waals surface area contributed by atoms with Gasteiger partial charge in [-0.3, -0.25) is 24.0 Å². The summed E-state index contributed by atoms with van der Waals surface area (Å²) in [7, 11) is 3.22. The highest BCUT2D eigenvalue weighted by atomic mass is 35.5. The molecule has 4 fully saturated rings. The number of benzene rings is 2. The summed E-state index contributed by atoms with van der Waals surface area (Å²) in [4.78, 5) is 87.9. The number of anilines is 3. The predicted molar refractivity (Wildman–Crippen MR) is 273 cm³/mol.